The molecule has 0 fully saturated rings. The largest absolute Gasteiger partial charge is 0.477 e. The number of esters is 2. The Morgan fingerprint density at radius 2 is 1.14 bits per heavy atom. The van der Waals surface area contributed by atoms with E-state index in [1.165, 1.54) is 44.9 Å². The number of aliphatic carboxylic acids is 1. The molecule has 8 heteroatoms. The van der Waals surface area contributed by atoms with Gasteiger partial charge < -0.3 is 23.8 Å². The first-order chi connectivity index (χ1) is 23.6. The fraction of sp³-hybridized carbons (Fsp3) is 0.732. The van der Waals surface area contributed by atoms with Crippen LogP contribution in [0, 0.1) is 0 Å². The lowest BCUT2D eigenvalue weighted by atomic mass is 10.1. The van der Waals surface area contributed by atoms with Crippen LogP contribution in [-0.4, -0.2) is 80.6 Å². The molecular formula is C41H72NO7+. The van der Waals surface area contributed by atoms with Crippen LogP contribution in [0.4, 0.5) is 0 Å². The van der Waals surface area contributed by atoms with E-state index in [-0.39, 0.29) is 42.7 Å². The summed E-state index contributed by atoms with van der Waals surface area (Å²) in [6.45, 7) is 4.54. The van der Waals surface area contributed by atoms with Crippen molar-refractivity contribution in [2.75, 3.05) is 41.0 Å². The molecule has 0 amide bonds. The molecule has 0 aliphatic heterocycles. The average molecular weight is 691 g/mol. The number of ether oxygens (including phenoxy) is 3. The molecular weight excluding hydrogens is 618 g/mol. The Morgan fingerprint density at radius 3 is 1.69 bits per heavy atom. The Morgan fingerprint density at radius 1 is 0.633 bits per heavy atom. The van der Waals surface area contributed by atoms with Gasteiger partial charge in [-0.15, -0.1) is 0 Å². The van der Waals surface area contributed by atoms with Crippen LogP contribution in [0.15, 0.2) is 48.6 Å². The van der Waals surface area contributed by atoms with E-state index in [0.717, 1.165) is 57.8 Å². The fourth-order valence-corrected chi connectivity index (χ4v) is 5.26. The molecule has 0 aromatic heterocycles. The first kappa shape index (κ1) is 46.3. The Hall–Kier alpha value is -2.71. The number of rotatable bonds is 33. The molecule has 0 aromatic rings. The standard InChI is InChI=1S/C41H71NO7/c1-6-8-10-12-14-16-18-19-20-21-22-24-26-28-30-32-40(44)49-37(35-47-34-33-38(41(45)46)42(3,4)5)36-48-39(43)31-29-27-25-23-17-15-13-11-9-7-2/h8,10,14,16,19-20,22,24,37-38H,6-7,9,11-13,15,17-18,21,23,25-36H2,1-5H3/p+1/b10-8-,16-14-,20-19-,24-22-. The molecule has 0 saturated heterocycles. The number of carbonyl (C=O) groups is 3. The van der Waals surface area contributed by atoms with Gasteiger partial charge in [-0.25, -0.2) is 4.79 Å². The number of hydrogen-bond donors (Lipinski definition) is 1. The second-order valence-electron chi connectivity index (χ2n) is 13.8. The van der Waals surface area contributed by atoms with Crippen molar-refractivity contribution in [2.45, 2.75) is 154 Å². The molecule has 49 heavy (non-hydrogen) atoms. The molecule has 0 aliphatic carbocycles. The van der Waals surface area contributed by atoms with Gasteiger partial charge in [-0.3, -0.25) is 9.59 Å². The summed E-state index contributed by atoms with van der Waals surface area (Å²) in [5, 5.41) is 9.57. The fourth-order valence-electron chi connectivity index (χ4n) is 5.26. The predicted octanol–water partition coefficient (Wildman–Crippen LogP) is 9.68. The van der Waals surface area contributed by atoms with Crippen molar-refractivity contribution in [3.63, 3.8) is 0 Å². The zero-order chi connectivity index (χ0) is 36.4. The van der Waals surface area contributed by atoms with E-state index in [4.69, 9.17) is 14.2 Å². The van der Waals surface area contributed by atoms with Crippen molar-refractivity contribution in [3.8, 4) is 0 Å². The van der Waals surface area contributed by atoms with Crippen molar-refractivity contribution in [2.24, 2.45) is 0 Å². The van der Waals surface area contributed by atoms with E-state index in [2.05, 4.69) is 62.5 Å². The van der Waals surface area contributed by atoms with Crippen LogP contribution < -0.4 is 0 Å². The first-order valence-electron chi connectivity index (χ1n) is 19.2. The SMILES string of the molecule is CC/C=C\C/C=C\C/C=C\C/C=C\CCCCC(=O)OC(COCCC(C(=O)O)[N+](C)(C)C)COC(=O)CCCCCCCCCCCC. The van der Waals surface area contributed by atoms with Crippen LogP contribution in [-0.2, 0) is 28.6 Å². The Bertz CT molecular complexity index is 948. The van der Waals surface area contributed by atoms with Crippen molar-refractivity contribution in [1.29, 1.82) is 0 Å². The number of hydrogen-bond acceptors (Lipinski definition) is 6. The van der Waals surface area contributed by atoms with Crippen LogP contribution in [0.25, 0.3) is 0 Å². The topological polar surface area (TPSA) is 99.1 Å². The smallest absolute Gasteiger partial charge is 0.362 e. The van der Waals surface area contributed by atoms with Crippen molar-refractivity contribution >= 4 is 17.9 Å². The summed E-state index contributed by atoms with van der Waals surface area (Å²) in [5.74, 6) is -1.53. The zero-order valence-electron chi connectivity index (χ0n) is 31.9. The quantitative estimate of drug-likeness (QED) is 0.0317. The molecule has 0 saturated carbocycles. The van der Waals surface area contributed by atoms with Gasteiger partial charge in [0.25, 0.3) is 0 Å². The van der Waals surface area contributed by atoms with E-state index in [1.807, 2.05) is 21.1 Å². The molecule has 0 bridgehead atoms. The van der Waals surface area contributed by atoms with Gasteiger partial charge in [0.15, 0.2) is 12.1 Å². The van der Waals surface area contributed by atoms with E-state index in [1.54, 1.807) is 0 Å². The number of likely N-dealkylation sites (N-methyl/N-ethyl adjacent to an activating group) is 1. The molecule has 2 unspecified atom stereocenters. The molecule has 0 rings (SSSR count). The highest BCUT2D eigenvalue weighted by Gasteiger charge is 2.31. The minimum atomic E-state index is -0.884. The van der Waals surface area contributed by atoms with Gasteiger partial charge in [-0.1, -0.05) is 120 Å². The molecule has 0 aliphatic rings. The summed E-state index contributed by atoms with van der Waals surface area (Å²) in [7, 11) is 5.50. The van der Waals surface area contributed by atoms with Crippen molar-refractivity contribution < 1.29 is 38.2 Å². The molecule has 0 heterocycles. The molecule has 0 aromatic carbocycles. The third-order valence-electron chi connectivity index (χ3n) is 8.24. The minimum Gasteiger partial charge on any atom is -0.477 e. The van der Waals surface area contributed by atoms with Gasteiger partial charge in [0.1, 0.15) is 6.61 Å². The highest BCUT2D eigenvalue weighted by molar-refractivity contribution is 5.72. The van der Waals surface area contributed by atoms with E-state index >= 15 is 0 Å². The number of unbranched alkanes of at least 4 members (excludes halogenated alkanes) is 11. The van der Waals surface area contributed by atoms with Gasteiger partial charge in [-0.2, -0.15) is 0 Å². The number of quaternary nitrogens is 1. The number of carbonyl (C=O) groups excluding carboxylic acids is 2. The van der Waals surface area contributed by atoms with Gasteiger partial charge in [0.2, 0.25) is 0 Å². The number of carboxylic acid groups (broad SMARTS) is 1. The van der Waals surface area contributed by atoms with Crippen LogP contribution in [0.2, 0.25) is 0 Å². The molecule has 0 spiro atoms. The lowest BCUT2D eigenvalue weighted by molar-refractivity contribution is -0.887. The maximum Gasteiger partial charge on any atom is 0.362 e. The van der Waals surface area contributed by atoms with Crippen molar-refractivity contribution in [1.82, 2.24) is 0 Å². The lowest BCUT2D eigenvalue weighted by Crippen LogP contribution is -2.50. The van der Waals surface area contributed by atoms with E-state index < -0.39 is 18.1 Å². The summed E-state index contributed by atoms with van der Waals surface area (Å²) >= 11 is 0. The third-order valence-corrected chi connectivity index (χ3v) is 8.24. The Balaban J connectivity index is 4.51. The second kappa shape index (κ2) is 32.5. The van der Waals surface area contributed by atoms with Gasteiger partial charge in [0.05, 0.1) is 34.4 Å². The monoisotopic (exact) mass is 691 g/mol. The second-order valence-corrected chi connectivity index (χ2v) is 13.8. The maximum atomic E-state index is 12.6. The Labute approximate surface area is 299 Å². The molecule has 1 N–H and O–H groups in total. The number of carboxylic acids is 1. The third kappa shape index (κ3) is 31.0. The summed E-state index contributed by atoms with van der Waals surface area (Å²) in [6.07, 6.45) is 35.8. The highest BCUT2D eigenvalue weighted by atomic mass is 16.6. The molecule has 8 nitrogen and oxygen atoms in total. The van der Waals surface area contributed by atoms with Crippen LogP contribution in [0.3, 0.4) is 0 Å². The Kier molecular flexibility index (Phi) is 30.7. The maximum absolute atomic E-state index is 12.6. The summed E-state index contributed by atoms with van der Waals surface area (Å²) in [5.41, 5.74) is 0. The zero-order valence-corrected chi connectivity index (χ0v) is 31.9. The lowest BCUT2D eigenvalue weighted by Gasteiger charge is -2.31. The highest BCUT2D eigenvalue weighted by Crippen LogP contribution is 2.13. The summed E-state index contributed by atoms with van der Waals surface area (Å²) < 4.78 is 17.1. The van der Waals surface area contributed by atoms with Crippen LogP contribution >= 0.6 is 0 Å². The average Bonchev–Trinajstić information content (AvgIpc) is 3.05. The summed E-state index contributed by atoms with van der Waals surface area (Å²) in [6, 6.07) is -0.620. The normalized spacial score (nSPS) is 13.6. The number of nitrogens with zero attached hydrogens (tertiary/aromatic N) is 1. The molecule has 2 atom stereocenters. The van der Waals surface area contributed by atoms with Crippen molar-refractivity contribution in [3.05, 3.63) is 48.6 Å². The summed E-state index contributed by atoms with van der Waals surface area (Å²) in [4.78, 5) is 36.7. The molecule has 282 valence electrons. The first-order valence-corrected chi connectivity index (χ1v) is 19.2. The minimum absolute atomic E-state index is 0.0444. The van der Waals surface area contributed by atoms with E-state index in [0.29, 0.717) is 19.3 Å². The molecule has 0 radical (unpaired) electrons. The van der Waals surface area contributed by atoms with E-state index in [9.17, 15) is 19.5 Å². The van der Waals surface area contributed by atoms with Gasteiger partial charge in [0, 0.05) is 19.3 Å². The predicted molar refractivity (Wildman–Crippen MR) is 201 cm³/mol. The van der Waals surface area contributed by atoms with Crippen LogP contribution in [0.5, 0.6) is 0 Å². The number of allylic oxidation sites excluding steroid dienone is 8. The van der Waals surface area contributed by atoms with Crippen LogP contribution in [0.1, 0.15) is 142 Å². The van der Waals surface area contributed by atoms with Gasteiger partial charge in [-0.05, 0) is 51.4 Å². The van der Waals surface area contributed by atoms with Gasteiger partial charge >= 0.3 is 17.9 Å².